The van der Waals surface area contributed by atoms with Gasteiger partial charge in [0.25, 0.3) is 0 Å². The molecule has 0 aromatic carbocycles. The lowest BCUT2D eigenvalue weighted by Crippen LogP contribution is -2.16. The summed E-state index contributed by atoms with van der Waals surface area (Å²) in [4.78, 5) is 16.0. The maximum absolute atomic E-state index is 12.8. The predicted molar refractivity (Wildman–Crippen MR) is 74.3 cm³/mol. The number of hydrogen-bond acceptors (Lipinski definition) is 2. The zero-order valence-electron chi connectivity index (χ0n) is 9.65. The molecule has 6 heteroatoms. The lowest BCUT2D eigenvalue weighted by molar-refractivity contribution is -0.117. The van der Waals surface area contributed by atoms with E-state index in [1.54, 1.807) is 0 Å². The van der Waals surface area contributed by atoms with Crippen molar-refractivity contribution < 1.29 is 9.18 Å². The Morgan fingerprint density at radius 3 is 3.00 bits per heavy atom. The van der Waals surface area contributed by atoms with Crippen LogP contribution in [0.4, 0.5) is 10.2 Å². The van der Waals surface area contributed by atoms with Crippen LogP contribution in [-0.4, -0.2) is 21.5 Å². The molecule has 1 saturated carbocycles. The lowest BCUT2D eigenvalue weighted by Gasteiger charge is -2.01. The molecule has 0 aliphatic heterocycles. The van der Waals surface area contributed by atoms with E-state index in [1.807, 2.05) is 29.7 Å². The number of halogens is 2. The third kappa shape index (κ3) is 1.98. The van der Waals surface area contributed by atoms with Gasteiger partial charge in [0.05, 0.1) is 11.6 Å². The first-order chi connectivity index (χ1) is 8.56. The molecular formula is C12H11FIN3O. The number of carbonyl (C=O) groups is 1. The van der Waals surface area contributed by atoms with Crippen LogP contribution in [0.1, 0.15) is 12.1 Å². The van der Waals surface area contributed by atoms with Gasteiger partial charge < -0.3 is 9.72 Å². The van der Waals surface area contributed by atoms with Crippen LogP contribution in [0.2, 0.25) is 0 Å². The summed E-state index contributed by atoms with van der Waals surface area (Å²) < 4.78 is 15.8. The van der Waals surface area contributed by atoms with Gasteiger partial charge in [0.1, 0.15) is 11.8 Å². The number of hydrogen-bond donors (Lipinski definition) is 1. The van der Waals surface area contributed by atoms with E-state index in [0.29, 0.717) is 12.2 Å². The van der Waals surface area contributed by atoms with Crippen molar-refractivity contribution in [1.82, 2.24) is 9.38 Å². The minimum Gasteiger partial charge on any atom is -0.309 e. The molecule has 0 radical (unpaired) electrons. The molecule has 1 N–H and O–H groups in total. The fourth-order valence-electron chi connectivity index (χ4n) is 1.90. The van der Waals surface area contributed by atoms with Crippen molar-refractivity contribution in [2.75, 3.05) is 5.32 Å². The SMILES string of the molecule is Cc1c(NC(=O)[C@@H]2C[C@@H]2F)nc2ccc(I)cn12. The molecule has 3 rings (SSSR count). The molecule has 2 atom stereocenters. The van der Waals surface area contributed by atoms with Crippen molar-refractivity contribution in [3.8, 4) is 0 Å². The number of alkyl halides is 1. The number of aryl methyl sites for hydroxylation is 1. The molecule has 1 aliphatic carbocycles. The first-order valence-corrected chi connectivity index (χ1v) is 6.73. The first-order valence-electron chi connectivity index (χ1n) is 5.65. The number of nitrogens with zero attached hydrogens (tertiary/aromatic N) is 2. The second-order valence-electron chi connectivity index (χ2n) is 4.47. The molecule has 4 nitrogen and oxygen atoms in total. The van der Waals surface area contributed by atoms with E-state index in [4.69, 9.17) is 0 Å². The average molecular weight is 359 g/mol. The smallest absolute Gasteiger partial charge is 0.231 e. The normalized spacial score (nSPS) is 22.2. The Balaban J connectivity index is 1.92. The highest BCUT2D eigenvalue weighted by Gasteiger charge is 2.43. The van der Waals surface area contributed by atoms with Gasteiger partial charge in [0.2, 0.25) is 5.91 Å². The summed E-state index contributed by atoms with van der Waals surface area (Å²) in [5.41, 5.74) is 1.63. The van der Waals surface area contributed by atoms with Gasteiger partial charge in [-0.1, -0.05) is 0 Å². The highest BCUT2D eigenvalue weighted by Crippen LogP contribution is 2.34. The second-order valence-corrected chi connectivity index (χ2v) is 5.71. The van der Waals surface area contributed by atoms with Crippen LogP contribution in [0.5, 0.6) is 0 Å². The van der Waals surface area contributed by atoms with E-state index in [0.717, 1.165) is 14.9 Å². The van der Waals surface area contributed by atoms with Crippen LogP contribution in [0.3, 0.4) is 0 Å². The number of fused-ring (bicyclic) bond motifs is 1. The minimum absolute atomic E-state index is 0.274. The Morgan fingerprint density at radius 1 is 1.61 bits per heavy atom. The molecule has 0 unspecified atom stereocenters. The summed E-state index contributed by atoms with van der Waals surface area (Å²) >= 11 is 2.22. The zero-order valence-corrected chi connectivity index (χ0v) is 11.8. The number of anilines is 1. The van der Waals surface area contributed by atoms with Crippen molar-refractivity contribution in [1.29, 1.82) is 0 Å². The molecule has 0 saturated heterocycles. The maximum atomic E-state index is 12.8. The minimum atomic E-state index is -0.983. The predicted octanol–water partition coefficient (Wildman–Crippen LogP) is 2.54. The molecule has 2 aromatic rings. The van der Waals surface area contributed by atoms with Crippen LogP contribution < -0.4 is 5.32 Å². The fourth-order valence-corrected chi connectivity index (χ4v) is 2.36. The molecule has 1 fully saturated rings. The van der Waals surface area contributed by atoms with Gasteiger partial charge in [-0.15, -0.1) is 0 Å². The van der Waals surface area contributed by atoms with Gasteiger partial charge in [0, 0.05) is 9.77 Å². The van der Waals surface area contributed by atoms with E-state index in [9.17, 15) is 9.18 Å². The van der Waals surface area contributed by atoms with Gasteiger partial charge in [-0.05, 0) is 48.1 Å². The molecule has 1 amide bonds. The fraction of sp³-hybridized carbons (Fsp3) is 0.333. The van der Waals surface area contributed by atoms with Crippen molar-refractivity contribution >= 4 is 40.0 Å². The molecule has 0 bridgehead atoms. The summed E-state index contributed by atoms with van der Waals surface area (Å²) in [6.45, 7) is 1.88. The number of amides is 1. The van der Waals surface area contributed by atoms with Crippen molar-refractivity contribution in [3.05, 3.63) is 27.6 Å². The largest absolute Gasteiger partial charge is 0.309 e. The van der Waals surface area contributed by atoms with E-state index >= 15 is 0 Å². The molecule has 2 heterocycles. The number of aromatic nitrogens is 2. The Hall–Kier alpha value is -1.18. The summed E-state index contributed by atoms with van der Waals surface area (Å²) in [6.07, 6.45) is 1.29. The average Bonchev–Trinajstić information content (AvgIpc) is 2.99. The standard InChI is InChI=1S/C12H11FIN3O/c1-6-11(16-12(18)8-4-9(8)13)15-10-3-2-7(14)5-17(6)10/h2-3,5,8-9H,4H2,1H3,(H,16,18)/t8-,9+/m1/s1. The maximum Gasteiger partial charge on any atom is 0.231 e. The van der Waals surface area contributed by atoms with Crippen LogP contribution in [-0.2, 0) is 4.79 Å². The van der Waals surface area contributed by atoms with Crippen molar-refractivity contribution in [2.45, 2.75) is 19.5 Å². The van der Waals surface area contributed by atoms with E-state index in [-0.39, 0.29) is 5.91 Å². The highest BCUT2D eigenvalue weighted by molar-refractivity contribution is 14.1. The number of carbonyl (C=O) groups excluding carboxylic acids is 1. The summed E-state index contributed by atoms with van der Waals surface area (Å²) in [6, 6.07) is 3.84. The Kier molecular flexibility index (Phi) is 2.76. The van der Waals surface area contributed by atoms with Crippen molar-refractivity contribution in [2.24, 2.45) is 5.92 Å². The first kappa shape index (κ1) is 11.9. The third-order valence-corrected chi connectivity index (χ3v) is 3.75. The van der Waals surface area contributed by atoms with Crippen LogP contribution >= 0.6 is 22.6 Å². The summed E-state index contributed by atoms with van der Waals surface area (Å²) in [7, 11) is 0. The zero-order chi connectivity index (χ0) is 12.9. The Morgan fingerprint density at radius 2 is 2.33 bits per heavy atom. The molecule has 1 aliphatic rings. The van der Waals surface area contributed by atoms with Crippen molar-refractivity contribution in [3.63, 3.8) is 0 Å². The summed E-state index contributed by atoms with van der Waals surface area (Å²) in [5, 5.41) is 2.70. The molecule has 18 heavy (non-hydrogen) atoms. The molecule has 2 aromatic heterocycles. The molecule has 94 valence electrons. The topological polar surface area (TPSA) is 46.4 Å². The summed E-state index contributed by atoms with van der Waals surface area (Å²) in [5.74, 6) is -0.251. The Labute approximate surface area is 117 Å². The van der Waals surface area contributed by atoms with Gasteiger partial charge in [-0.25, -0.2) is 9.37 Å². The second kappa shape index (κ2) is 4.18. The number of nitrogens with one attached hydrogen (secondary N) is 1. The van der Waals surface area contributed by atoms with Gasteiger partial charge >= 0.3 is 0 Å². The van der Waals surface area contributed by atoms with Crippen LogP contribution in [0.25, 0.3) is 5.65 Å². The monoisotopic (exact) mass is 359 g/mol. The number of rotatable bonds is 2. The third-order valence-electron chi connectivity index (χ3n) is 3.11. The number of imidazole rings is 1. The van der Waals surface area contributed by atoms with E-state index in [1.165, 1.54) is 0 Å². The lowest BCUT2D eigenvalue weighted by atomic mass is 10.3. The quantitative estimate of drug-likeness (QED) is 0.838. The van der Waals surface area contributed by atoms with Gasteiger partial charge in [-0.2, -0.15) is 0 Å². The van der Waals surface area contributed by atoms with E-state index < -0.39 is 12.1 Å². The van der Waals surface area contributed by atoms with Gasteiger partial charge in [0.15, 0.2) is 5.82 Å². The van der Waals surface area contributed by atoms with Crippen LogP contribution in [0, 0.1) is 16.4 Å². The molecule has 0 spiro atoms. The highest BCUT2D eigenvalue weighted by atomic mass is 127. The molecular weight excluding hydrogens is 348 g/mol. The van der Waals surface area contributed by atoms with Gasteiger partial charge in [-0.3, -0.25) is 4.79 Å². The van der Waals surface area contributed by atoms with E-state index in [2.05, 4.69) is 32.9 Å². The number of pyridine rings is 1. The van der Waals surface area contributed by atoms with Crippen LogP contribution in [0.15, 0.2) is 18.3 Å². The Bertz CT molecular complexity index is 640.